The molecule has 0 aliphatic carbocycles. The molecule has 4 aliphatic heterocycles. The predicted molar refractivity (Wildman–Crippen MR) is 140 cm³/mol. The Kier molecular flexibility index (Phi) is 28.8. The normalized spacial score (nSPS) is 21.1. The third-order valence-electron chi connectivity index (χ3n) is 5.22. The summed E-state index contributed by atoms with van der Waals surface area (Å²) >= 11 is 0. The van der Waals surface area contributed by atoms with E-state index in [0.29, 0.717) is 6.54 Å². The SMILES string of the molecule is C.CC.CC.CN1CCC1.CN1CCCC1.CN1CCCCC1.CN1CCNC(=O)C1. The van der Waals surface area contributed by atoms with Crippen molar-refractivity contribution in [1.29, 1.82) is 0 Å². The van der Waals surface area contributed by atoms with Crippen molar-refractivity contribution >= 4 is 5.91 Å². The summed E-state index contributed by atoms with van der Waals surface area (Å²) in [5.41, 5.74) is 0. The standard InChI is InChI=1S/C6H13N.C5H10N2O.C5H11N.C4H9N.2C2H6.CH4/c1-7-5-3-2-4-6-7;1-7-3-2-6-5(8)4-7;1-6-4-2-3-5-6;1-5-3-2-4-5;2*1-2;/h2-6H2,1H3;2-4H2,1H3,(H,6,8);2-5H2,1H3;2-4H2,1H3;2*1-2H3;1H4. The molecule has 0 bridgehead atoms. The van der Waals surface area contributed by atoms with Crippen LogP contribution in [0.2, 0.25) is 0 Å². The number of nitrogens with one attached hydrogen (secondary N) is 1. The Morgan fingerprint density at radius 2 is 0.903 bits per heavy atom. The van der Waals surface area contributed by atoms with Crippen molar-refractivity contribution in [2.24, 2.45) is 0 Å². The minimum absolute atomic E-state index is 0. The highest BCUT2D eigenvalue weighted by molar-refractivity contribution is 5.78. The maximum atomic E-state index is 10.5. The summed E-state index contributed by atoms with van der Waals surface area (Å²) in [6.45, 7) is 18.3. The molecule has 4 aliphatic rings. The van der Waals surface area contributed by atoms with E-state index in [4.69, 9.17) is 0 Å². The Balaban J connectivity index is -0.000000319. The molecule has 190 valence electrons. The Morgan fingerprint density at radius 1 is 0.548 bits per heavy atom. The highest BCUT2D eigenvalue weighted by Crippen LogP contribution is 2.04. The molecule has 1 N–H and O–H groups in total. The molecular formula is C25H59N5O. The van der Waals surface area contributed by atoms with Crippen molar-refractivity contribution in [3.05, 3.63) is 0 Å². The second-order valence-corrected chi connectivity index (χ2v) is 8.12. The number of likely N-dealkylation sites (N-methyl/N-ethyl adjacent to an activating group) is 1. The Labute approximate surface area is 196 Å². The third kappa shape index (κ3) is 23.8. The molecule has 4 fully saturated rings. The lowest BCUT2D eigenvalue weighted by Crippen LogP contribution is -2.45. The number of piperidine rings is 1. The van der Waals surface area contributed by atoms with Crippen molar-refractivity contribution in [2.75, 3.05) is 87.1 Å². The molecule has 0 saturated carbocycles. The first kappa shape index (κ1) is 34.9. The van der Waals surface area contributed by atoms with Gasteiger partial charge in [0.25, 0.3) is 0 Å². The first-order valence-corrected chi connectivity index (χ1v) is 12.5. The summed E-state index contributed by atoms with van der Waals surface area (Å²) < 4.78 is 0. The largest absolute Gasteiger partial charge is 0.354 e. The van der Waals surface area contributed by atoms with Crippen LogP contribution in [0.1, 0.15) is 73.6 Å². The van der Waals surface area contributed by atoms with E-state index in [9.17, 15) is 4.79 Å². The molecule has 4 heterocycles. The van der Waals surface area contributed by atoms with Gasteiger partial charge in [-0.25, -0.2) is 0 Å². The number of likely N-dealkylation sites (tertiary alicyclic amines) is 3. The summed E-state index contributed by atoms with van der Waals surface area (Å²) in [5.74, 6) is 0.138. The smallest absolute Gasteiger partial charge is 0.234 e. The summed E-state index contributed by atoms with van der Waals surface area (Å²) in [6.07, 6.45) is 8.51. The van der Waals surface area contributed by atoms with Crippen LogP contribution >= 0.6 is 0 Å². The van der Waals surface area contributed by atoms with Crippen LogP contribution in [0.15, 0.2) is 0 Å². The number of hydrogen-bond donors (Lipinski definition) is 1. The molecule has 0 aromatic carbocycles. The summed E-state index contributed by atoms with van der Waals surface area (Å²) in [4.78, 5) is 19.6. The zero-order valence-corrected chi connectivity index (χ0v) is 21.8. The second kappa shape index (κ2) is 25.6. The number of nitrogens with zero attached hydrogens (tertiary/aromatic N) is 4. The molecule has 0 unspecified atom stereocenters. The molecule has 0 aromatic rings. The Morgan fingerprint density at radius 3 is 1.06 bits per heavy atom. The van der Waals surface area contributed by atoms with Gasteiger partial charge >= 0.3 is 0 Å². The Bertz CT molecular complexity index is 352. The topological polar surface area (TPSA) is 42.1 Å². The molecule has 4 rings (SSSR count). The maximum Gasteiger partial charge on any atom is 0.234 e. The summed E-state index contributed by atoms with van der Waals surface area (Å²) in [7, 11) is 8.45. The van der Waals surface area contributed by atoms with Gasteiger partial charge in [0.2, 0.25) is 5.91 Å². The average molecular weight is 446 g/mol. The van der Waals surface area contributed by atoms with E-state index < -0.39 is 0 Å². The number of amides is 1. The number of carbonyl (C=O) groups is 1. The van der Waals surface area contributed by atoms with E-state index in [2.05, 4.69) is 41.2 Å². The molecule has 31 heavy (non-hydrogen) atoms. The fourth-order valence-electron chi connectivity index (χ4n) is 3.17. The van der Waals surface area contributed by atoms with E-state index in [1.54, 1.807) is 0 Å². The fraction of sp³-hybridized carbons (Fsp3) is 0.960. The van der Waals surface area contributed by atoms with Crippen LogP contribution in [0.3, 0.4) is 0 Å². The van der Waals surface area contributed by atoms with Crippen LogP contribution in [0, 0.1) is 0 Å². The van der Waals surface area contributed by atoms with Crippen molar-refractivity contribution in [1.82, 2.24) is 24.9 Å². The fourth-order valence-corrected chi connectivity index (χ4v) is 3.17. The highest BCUT2D eigenvalue weighted by atomic mass is 16.2. The molecule has 6 nitrogen and oxygen atoms in total. The van der Waals surface area contributed by atoms with E-state index in [-0.39, 0.29) is 13.3 Å². The molecule has 1 amide bonds. The van der Waals surface area contributed by atoms with Gasteiger partial charge in [0, 0.05) is 13.1 Å². The zero-order valence-electron chi connectivity index (χ0n) is 21.8. The lowest BCUT2D eigenvalue weighted by Gasteiger charge is -2.24. The van der Waals surface area contributed by atoms with Gasteiger partial charge in [-0.3, -0.25) is 9.69 Å². The quantitative estimate of drug-likeness (QED) is 0.613. The van der Waals surface area contributed by atoms with Gasteiger partial charge in [-0.05, 0) is 99.6 Å². The first-order valence-electron chi connectivity index (χ1n) is 12.5. The van der Waals surface area contributed by atoms with E-state index in [1.165, 1.54) is 77.8 Å². The zero-order chi connectivity index (χ0) is 23.2. The summed E-state index contributed by atoms with van der Waals surface area (Å²) in [5, 5.41) is 2.73. The van der Waals surface area contributed by atoms with Gasteiger partial charge in [0.05, 0.1) is 6.54 Å². The molecule has 0 aromatic heterocycles. The number of piperazine rings is 1. The molecule has 6 heteroatoms. The second-order valence-electron chi connectivity index (χ2n) is 8.12. The van der Waals surface area contributed by atoms with Crippen LogP contribution in [-0.4, -0.2) is 113 Å². The highest BCUT2D eigenvalue weighted by Gasteiger charge is 2.10. The van der Waals surface area contributed by atoms with Crippen molar-refractivity contribution in [2.45, 2.75) is 73.6 Å². The molecule has 4 saturated heterocycles. The minimum atomic E-state index is 0. The molecule has 0 spiro atoms. The molecule has 0 radical (unpaired) electrons. The monoisotopic (exact) mass is 445 g/mol. The average Bonchev–Trinajstić information content (AvgIpc) is 3.22. The third-order valence-corrected chi connectivity index (χ3v) is 5.22. The van der Waals surface area contributed by atoms with Crippen molar-refractivity contribution in [3.8, 4) is 0 Å². The number of hydrogen-bond acceptors (Lipinski definition) is 5. The van der Waals surface area contributed by atoms with Gasteiger partial charge in [0.15, 0.2) is 0 Å². The van der Waals surface area contributed by atoms with Gasteiger partial charge < -0.3 is 20.0 Å². The number of carbonyl (C=O) groups excluding carboxylic acids is 1. The van der Waals surface area contributed by atoms with Crippen molar-refractivity contribution < 1.29 is 4.79 Å². The molecular weight excluding hydrogens is 386 g/mol. The van der Waals surface area contributed by atoms with Crippen LogP contribution in [0.5, 0.6) is 0 Å². The van der Waals surface area contributed by atoms with Gasteiger partial charge in [-0.2, -0.15) is 0 Å². The van der Waals surface area contributed by atoms with Gasteiger partial charge in [-0.1, -0.05) is 41.5 Å². The van der Waals surface area contributed by atoms with Crippen LogP contribution in [-0.2, 0) is 4.79 Å². The number of rotatable bonds is 0. The molecule has 0 atom stereocenters. The minimum Gasteiger partial charge on any atom is -0.354 e. The predicted octanol–water partition coefficient (Wildman–Crippen LogP) is 3.87. The van der Waals surface area contributed by atoms with Crippen LogP contribution in [0.25, 0.3) is 0 Å². The Hall–Kier alpha value is -0.690. The van der Waals surface area contributed by atoms with Crippen LogP contribution < -0.4 is 5.32 Å². The van der Waals surface area contributed by atoms with Gasteiger partial charge in [0.1, 0.15) is 0 Å². The lowest BCUT2D eigenvalue weighted by atomic mass is 10.1. The maximum absolute atomic E-state index is 10.5. The van der Waals surface area contributed by atoms with Crippen molar-refractivity contribution in [3.63, 3.8) is 0 Å². The lowest BCUT2D eigenvalue weighted by molar-refractivity contribution is -0.123. The van der Waals surface area contributed by atoms with E-state index in [1.807, 2.05) is 39.6 Å². The first-order chi connectivity index (χ1) is 14.5. The summed E-state index contributed by atoms with van der Waals surface area (Å²) in [6, 6.07) is 0. The van der Waals surface area contributed by atoms with E-state index >= 15 is 0 Å². The van der Waals surface area contributed by atoms with Gasteiger partial charge in [-0.15, -0.1) is 0 Å². The van der Waals surface area contributed by atoms with Crippen LogP contribution in [0.4, 0.5) is 0 Å². The van der Waals surface area contributed by atoms with E-state index in [0.717, 1.165) is 13.1 Å².